The Morgan fingerprint density at radius 1 is 1.19 bits per heavy atom. The fourth-order valence-electron chi connectivity index (χ4n) is 2.49. The summed E-state index contributed by atoms with van der Waals surface area (Å²) in [5.41, 5.74) is 3.02. The molecule has 110 valence electrons. The molecule has 0 spiro atoms. The van der Waals surface area contributed by atoms with Gasteiger partial charge in [0.25, 0.3) is 10.0 Å². The lowest BCUT2D eigenvalue weighted by Gasteiger charge is -2.11. The van der Waals surface area contributed by atoms with E-state index in [0.717, 1.165) is 30.3 Å². The lowest BCUT2D eigenvalue weighted by atomic mass is 10.1. The van der Waals surface area contributed by atoms with Crippen molar-refractivity contribution in [1.29, 1.82) is 0 Å². The molecule has 2 aromatic rings. The highest BCUT2D eigenvalue weighted by Gasteiger charge is 2.18. The van der Waals surface area contributed by atoms with Crippen molar-refractivity contribution in [2.45, 2.75) is 18.2 Å². The van der Waals surface area contributed by atoms with Gasteiger partial charge in [0.2, 0.25) is 0 Å². The maximum absolute atomic E-state index is 13.1. The van der Waals surface area contributed by atoms with Gasteiger partial charge in [-0.1, -0.05) is 0 Å². The van der Waals surface area contributed by atoms with Crippen LogP contribution in [0.15, 0.2) is 41.3 Å². The minimum atomic E-state index is -3.72. The summed E-state index contributed by atoms with van der Waals surface area (Å²) in [7, 11) is -3.72. The summed E-state index contributed by atoms with van der Waals surface area (Å²) in [5.74, 6) is -0.449. The number of fused-ring (bicyclic) bond motifs is 1. The predicted octanol–water partition coefficient (Wildman–Crippen LogP) is 2.90. The molecular weight excluding hydrogens is 291 g/mol. The number of hydrogen-bond acceptors (Lipinski definition) is 3. The van der Waals surface area contributed by atoms with Gasteiger partial charge in [-0.05, 0) is 60.9 Å². The van der Waals surface area contributed by atoms with E-state index in [9.17, 15) is 12.8 Å². The fraction of sp³-hybridized carbons (Fsp3) is 0.200. The van der Waals surface area contributed by atoms with E-state index < -0.39 is 15.8 Å². The Morgan fingerprint density at radius 2 is 2.00 bits per heavy atom. The van der Waals surface area contributed by atoms with Crippen LogP contribution in [0.5, 0.6) is 0 Å². The monoisotopic (exact) mass is 306 g/mol. The molecule has 0 radical (unpaired) electrons. The van der Waals surface area contributed by atoms with Gasteiger partial charge in [-0.25, -0.2) is 12.8 Å². The molecule has 0 amide bonds. The van der Waals surface area contributed by atoms with Crippen LogP contribution in [0.25, 0.3) is 0 Å². The van der Waals surface area contributed by atoms with Crippen LogP contribution in [0, 0.1) is 12.7 Å². The van der Waals surface area contributed by atoms with Crippen molar-refractivity contribution in [3.63, 3.8) is 0 Å². The molecule has 0 saturated carbocycles. The molecule has 1 heterocycles. The maximum atomic E-state index is 13.1. The lowest BCUT2D eigenvalue weighted by molar-refractivity contribution is 0.598. The average molecular weight is 306 g/mol. The zero-order valence-electron chi connectivity index (χ0n) is 11.5. The Bertz CT molecular complexity index is 803. The number of rotatable bonds is 3. The van der Waals surface area contributed by atoms with E-state index in [1.165, 1.54) is 12.1 Å². The zero-order valence-corrected chi connectivity index (χ0v) is 12.3. The largest absolute Gasteiger partial charge is 0.384 e. The van der Waals surface area contributed by atoms with Gasteiger partial charge in [0, 0.05) is 17.9 Å². The van der Waals surface area contributed by atoms with Gasteiger partial charge in [0.15, 0.2) is 0 Å². The quantitative estimate of drug-likeness (QED) is 0.916. The van der Waals surface area contributed by atoms with Crippen LogP contribution in [0.3, 0.4) is 0 Å². The van der Waals surface area contributed by atoms with Gasteiger partial charge in [-0.15, -0.1) is 0 Å². The van der Waals surface area contributed by atoms with Crippen LogP contribution in [0.2, 0.25) is 0 Å². The molecule has 0 aliphatic carbocycles. The van der Waals surface area contributed by atoms with Gasteiger partial charge in [-0.2, -0.15) is 0 Å². The Kier molecular flexibility index (Phi) is 3.33. The van der Waals surface area contributed by atoms with Gasteiger partial charge in [0.1, 0.15) is 5.82 Å². The summed E-state index contributed by atoms with van der Waals surface area (Å²) in [5, 5.41) is 3.22. The summed E-state index contributed by atoms with van der Waals surface area (Å²) in [6.45, 7) is 2.44. The molecule has 0 saturated heterocycles. The number of hydrogen-bond donors (Lipinski definition) is 2. The first-order chi connectivity index (χ1) is 9.95. The summed E-state index contributed by atoms with van der Waals surface area (Å²) in [4.78, 5) is 0.0857. The van der Waals surface area contributed by atoms with Crippen LogP contribution in [-0.2, 0) is 16.4 Å². The third-order valence-electron chi connectivity index (χ3n) is 3.49. The minimum absolute atomic E-state index is 0.0857. The highest BCUT2D eigenvalue weighted by Crippen LogP contribution is 2.27. The first-order valence-electron chi connectivity index (χ1n) is 6.61. The van der Waals surface area contributed by atoms with Crippen molar-refractivity contribution in [1.82, 2.24) is 0 Å². The molecule has 2 aromatic carbocycles. The Hall–Kier alpha value is -2.08. The zero-order chi connectivity index (χ0) is 15.0. The van der Waals surface area contributed by atoms with E-state index in [2.05, 4.69) is 10.0 Å². The van der Waals surface area contributed by atoms with Crippen molar-refractivity contribution in [2.24, 2.45) is 0 Å². The summed E-state index contributed by atoms with van der Waals surface area (Å²) in [6, 6.07) is 9.04. The van der Waals surface area contributed by atoms with Gasteiger partial charge >= 0.3 is 0 Å². The van der Waals surface area contributed by atoms with E-state index in [1.54, 1.807) is 13.0 Å². The normalized spacial score (nSPS) is 13.6. The Morgan fingerprint density at radius 3 is 2.76 bits per heavy atom. The molecular formula is C15H15FN2O2S. The lowest BCUT2D eigenvalue weighted by Crippen LogP contribution is -2.14. The van der Waals surface area contributed by atoms with Crippen molar-refractivity contribution in [2.75, 3.05) is 16.6 Å². The summed E-state index contributed by atoms with van der Waals surface area (Å²) < 4.78 is 40.4. The smallest absolute Gasteiger partial charge is 0.262 e. The standard InChI is InChI=1S/C15H15FN2O2S/c1-10-8-12(16)2-5-15(10)21(19,20)18-13-3-4-14-11(9-13)6-7-17-14/h2-5,8-9,17-18H,6-7H2,1H3. The number of aryl methyl sites for hydroxylation is 1. The van der Waals surface area contributed by atoms with Crippen molar-refractivity contribution >= 4 is 21.4 Å². The first kappa shape index (κ1) is 13.9. The molecule has 0 aromatic heterocycles. The Balaban J connectivity index is 1.92. The maximum Gasteiger partial charge on any atom is 0.262 e. The number of nitrogens with one attached hydrogen (secondary N) is 2. The van der Waals surface area contributed by atoms with Crippen molar-refractivity contribution in [3.05, 3.63) is 53.3 Å². The van der Waals surface area contributed by atoms with Gasteiger partial charge < -0.3 is 5.32 Å². The second-order valence-corrected chi connectivity index (χ2v) is 6.71. The third kappa shape index (κ3) is 2.71. The molecule has 0 fully saturated rings. The van der Waals surface area contributed by atoms with Gasteiger partial charge in [-0.3, -0.25) is 4.72 Å². The van der Waals surface area contributed by atoms with E-state index in [0.29, 0.717) is 11.3 Å². The highest BCUT2D eigenvalue weighted by atomic mass is 32.2. The van der Waals surface area contributed by atoms with Crippen molar-refractivity contribution < 1.29 is 12.8 Å². The molecule has 3 rings (SSSR count). The predicted molar refractivity (Wildman–Crippen MR) is 80.6 cm³/mol. The summed E-state index contributed by atoms with van der Waals surface area (Å²) >= 11 is 0. The second kappa shape index (κ2) is 5.04. The van der Waals surface area contributed by atoms with E-state index in [4.69, 9.17) is 0 Å². The summed E-state index contributed by atoms with van der Waals surface area (Å²) in [6.07, 6.45) is 0.875. The molecule has 6 heteroatoms. The van der Waals surface area contributed by atoms with Crippen LogP contribution in [-0.4, -0.2) is 15.0 Å². The fourth-order valence-corrected chi connectivity index (χ4v) is 3.77. The topological polar surface area (TPSA) is 58.2 Å². The molecule has 1 aliphatic heterocycles. The average Bonchev–Trinajstić information content (AvgIpc) is 2.85. The molecule has 21 heavy (non-hydrogen) atoms. The Labute approximate surface area is 123 Å². The molecule has 2 N–H and O–H groups in total. The molecule has 1 aliphatic rings. The highest BCUT2D eigenvalue weighted by molar-refractivity contribution is 7.92. The van der Waals surface area contributed by atoms with E-state index in [1.807, 2.05) is 12.1 Å². The van der Waals surface area contributed by atoms with Crippen LogP contribution >= 0.6 is 0 Å². The molecule has 0 bridgehead atoms. The number of halogens is 1. The van der Waals surface area contributed by atoms with Crippen molar-refractivity contribution in [3.8, 4) is 0 Å². The van der Waals surface area contributed by atoms with Crippen LogP contribution in [0.1, 0.15) is 11.1 Å². The third-order valence-corrected chi connectivity index (χ3v) is 5.04. The van der Waals surface area contributed by atoms with E-state index >= 15 is 0 Å². The van der Waals surface area contributed by atoms with Crippen LogP contribution in [0.4, 0.5) is 15.8 Å². The number of sulfonamides is 1. The second-order valence-electron chi connectivity index (χ2n) is 5.06. The SMILES string of the molecule is Cc1cc(F)ccc1S(=O)(=O)Nc1ccc2c(c1)CCN2. The first-order valence-corrected chi connectivity index (χ1v) is 8.10. The number of benzene rings is 2. The minimum Gasteiger partial charge on any atom is -0.384 e. The molecule has 0 atom stereocenters. The van der Waals surface area contributed by atoms with Crippen LogP contribution < -0.4 is 10.0 Å². The van der Waals surface area contributed by atoms with Gasteiger partial charge in [0.05, 0.1) is 4.90 Å². The van der Waals surface area contributed by atoms with E-state index in [-0.39, 0.29) is 4.90 Å². The molecule has 4 nitrogen and oxygen atoms in total. The number of anilines is 2. The molecule has 0 unspecified atom stereocenters.